The molecule has 2 heterocycles. The summed E-state index contributed by atoms with van der Waals surface area (Å²) in [6.45, 7) is 4.50. The monoisotopic (exact) mass is 472 g/mol. The van der Waals surface area contributed by atoms with Gasteiger partial charge in [0.25, 0.3) is 0 Å². The van der Waals surface area contributed by atoms with E-state index in [0.717, 1.165) is 54.6 Å². The predicted molar refractivity (Wildman–Crippen MR) is 138 cm³/mol. The van der Waals surface area contributed by atoms with Crippen molar-refractivity contribution in [1.82, 2.24) is 19.3 Å². The molecule has 0 unspecified atom stereocenters. The third kappa shape index (κ3) is 4.87. The molecule has 1 aliphatic carbocycles. The Hall–Kier alpha value is -3.81. The molecule has 0 atom stereocenters. The van der Waals surface area contributed by atoms with Crippen molar-refractivity contribution in [3.63, 3.8) is 0 Å². The standard InChI is InChI=1S/C27H32N6O2/c1-18(2)35-27(34)31-21-11-9-20(10-12-21)26-25(28)23-13-8-19(5-4-14-32-17-29-16-30-32)15-24(23)33(26)22-6-3-7-22/h8-13,15-18,22H,3-7,14,28H2,1-2H3,(H,31,34). The number of anilines is 2. The highest BCUT2D eigenvalue weighted by atomic mass is 16.6. The van der Waals surface area contributed by atoms with Gasteiger partial charge in [-0.05, 0) is 69.7 Å². The van der Waals surface area contributed by atoms with Crippen LogP contribution in [0, 0.1) is 0 Å². The molecule has 2 aromatic heterocycles. The van der Waals surface area contributed by atoms with E-state index in [1.54, 1.807) is 12.7 Å². The highest BCUT2D eigenvalue weighted by Gasteiger charge is 2.27. The number of carbonyl (C=O) groups is 1. The maximum absolute atomic E-state index is 11.9. The van der Waals surface area contributed by atoms with Crippen LogP contribution in [0.5, 0.6) is 0 Å². The highest BCUT2D eigenvalue weighted by molar-refractivity contribution is 6.01. The van der Waals surface area contributed by atoms with Crippen LogP contribution in [0.3, 0.4) is 0 Å². The Labute approximate surface area is 205 Å². The zero-order valence-corrected chi connectivity index (χ0v) is 20.3. The summed E-state index contributed by atoms with van der Waals surface area (Å²) >= 11 is 0. The molecule has 182 valence electrons. The summed E-state index contributed by atoms with van der Waals surface area (Å²) < 4.78 is 9.48. The number of amides is 1. The third-order valence-corrected chi connectivity index (χ3v) is 6.61. The van der Waals surface area contributed by atoms with Gasteiger partial charge >= 0.3 is 6.09 Å². The van der Waals surface area contributed by atoms with Gasteiger partial charge in [-0.25, -0.2) is 9.78 Å². The fourth-order valence-corrected chi connectivity index (χ4v) is 4.72. The van der Waals surface area contributed by atoms with Crippen molar-refractivity contribution >= 4 is 28.4 Å². The van der Waals surface area contributed by atoms with Crippen molar-refractivity contribution < 1.29 is 9.53 Å². The number of aryl methyl sites for hydroxylation is 2. The first-order valence-electron chi connectivity index (χ1n) is 12.3. The highest BCUT2D eigenvalue weighted by Crippen LogP contribution is 2.44. The third-order valence-electron chi connectivity index (χ3n) is 6.61. The molecule has 8 heteroatoms. The molecule has 3 N–H and O–H groups in total. The van der Waals surface area contributed by atoms with Crippen LogP contribution < -0.4 is 11.1 Å². The number of ether oxygens (including phenoxy) is 1. The number of nitrogens with zero attached hydrogens (tertiary/aromatic N) is 4. The molecule has 35 heavy (non-hydrogen) atoms. The molecule has 0 bridgehead atoms. The molecular weight excluding hydrogens is 440 g/mol. The Morgan fingerprint density at radius 2 is 2.00 bits per heavy atom. The average molecular weight is 473 g/mol. The van der Waals surface area contributed by atoms with Gasteiger partial charge in [0.15, 0.2) is 0 Å². The molecule has 1 fully saturated rings. The molecule has 2 aromatic carbocycles. The average Bonchev–Trinajstić information content (AvgIpc) is 3.40. The summed E-state index contributed by atoms with van der Waals surface area (Å²) in [7, 11) is 0. The lowest BCUT2D eigenvalue weighted by atomic mass is 9.92. The summed E-state index contributed by atoms with van der Waals surface area (Å²) in [5.41, 5.74) is 12.8. The van der Waals surface area contributed by atoms with Crippen LogP contribution in [-0.2, 0) is 17.7 Å². The minimum absolute atomic E-state index is 0.167. The largest absolute Gasteiger partial charge is 0.447 e. The minimum atomic E-state index is -0.452. The quantitative estimate of drug-likeness (QED) is 0.338. The van der Waals surface area contributed by atoms with Gasteiger partial charge in [0.05, 0.1) is 23.0 Å². The maximum atomic E-state index is 11.9. The number of nitrogens with one attached hydrogen (secondary N) is 1. The van der Waals surface area contributed by atoms with E-state index in [-0.39, 0.29) is 6.10 Å². The summed E-state index contributed by atoms with van der Waals surface area (Å²) in [5, 5.41) is 8.06. The topological polar surface area (TPSA) is 100.0 Å². The van der Waals surface area contributed by atoms with Crippen molar-refractivity contribution in [2.45, 2.75) is 64.6 Å². The van der Waals surface area contributed by atoms with E-state index in [2.05, 4.69) is 38.2 Å². The van der Waals surface area contributed by atoms with Crippen LogP contribution >= 0.6 is 0 Å². The number of hydrogen-bond acceptors (Lipinski definition) is 5. The summed E-state index contributed by atoms with van der Waals surface area (Å²) in [4.78, 5) is 16.0. The number of benzene rings is 2. The SMILES string of the molecule is CC(C)OC(=O)Nc1ccc(-c2c(N)c3ccc(CCCn4cncn4)cc3n2C2CCC2)cc1. The van der Waals surface area contributed by atoms with Crippen molar-refractivity contribution in [2.24, 2.45) is 0 Å². The second-order valence-corrected chi connectivity index (χ2v) is 9.49. The van der Waals surface area contributed by atoms with E-state index in [4.69, 9.17) is 10.5 Å². The number of rotatable bonds is 8. The molecule has 1 amide bonds. The summed E-state index contributed by atoms with van der Waals surface area (Å²) in [6, 6.07) is 14.9. The molecule has 8 nitrogen and oxygen atoms in total. The molecular formula is C27H32N6O2. The Bertz CT molecular complexity index is 1300. The van der Waals surface area contributed by atoms with Crippen LogP contribution in [0.25, 0.3) is 22.2 Å². The lowest BCUT2D eigenvalue weighted by molar-refractivity contribution is 0.130. The van der Waals surface area contributed by atoms with E-state index >= 15 is 0 Å². The zero-order valence-electron chi connectivity index (χ0n) is 20.3. The van der Waals surface area contributed by atoms with Gasteiger partial charge in [0.1, 0.15) is 12.7 Å². The molecule has 5 rings (SSSR count). The minimum Gasteiger partial charge on any atom is -0.447 e. The zero-order chi connectivity index (χ0) is 24.4. The summed E-state index contributed by atoms with van der Waals surface area (Å²) in [6.07, 6.45) is 8.23. The second-order valence-electron chi connectivity index (χ2n) is 9.49. The van der Waals surface area contributed by atoms with Gasteiger partial charge in [-0.2, -0.15) is 5.10 Å². The Balaban J connectivity index is 1.43. The molecule has 1 saturated carbocycles. The first kappa shape index (κ1) is 23.0. The molecule has 4 aromatic rings. The summed E-state index contributed by atoms with van der Waals surface area (Å²) in [5.74, 6) is 0. The van der Waals surface area contributed by atoms with Gasteiger partial charge < -0.3 is 15.0 Å². The number of aromatic nitrogens is 4. The van der Waals surface area contributed by atoms with E-state index < -0.39 is 6.09 Å². The van der Waals surface area contributed by atoms with Crippen LogP contribution in [0.1, 0.15) is 51.1 Å². The van der Waals surface area contributed by atoms with Crippen LogP contribution in [0.4, 0.5) is 16.2 Å². The van der Waals surface area contributed by atoms with Crippen molar-refractivity contribution in [1.29, 1.82) is 0 Å². The number of nitrogens with two attached hydrogens (primary N) is 1. The lowest BCUT2D eigenvalue weighted by Gasteiger charge is -2.30. The van der Waals surface area contributed by atoms with Crippen molar-refractivity contribution in [3.8, 4) is 11.3 Å². The Kier molecular flexibility index (Phi) is 6.44. The van der Waals surface area contributed by atoms with Crippen LogP contribution in [0.2, 0.25) is 0 Å². The number of hydrogen-bond donors (Lipinski definition) is 2. The smallest absolute Gasteiger partial charge is 0.411 e. The van der Waals surface area contributed by atoms with E-state index in [1.165, 1.54) is 17.5 Å². The number of nitrogen functional groups attached to an aromatic ring is 1. The lowest BCUT2D eigenvalue weighted by Crippen LogP contribution is -2.18. The van der Waals surface area contributed by atoms with Gasteiger partial charge in [-0.1, -0.05) is 24.3 Å². The maximum Gasteiger partial charge on any atom is 0.411 e. The molecule has 0 spiro atoms. The molecule has 0 aliphatic heterocycles. The fourth-order valence-electron chi connectivity index (χ4n) is 4.72. The predicted octanol–water partition coefficient (Wildman–Crippen LogP) is 5.80. The number of fused-ring (bicyclic) bond motifs is 1. The molecule has 0 radical (unpaired) electrons. The van der Waals surface area contributed by atoms with E-state index in [1.807, 2.05) is 42.8 Å². The van der Waals surface area contributed by atoms with E-state index in [0.29, 0.717) is 11.7 Å². The van der Waals surface area contributed by atoms with E-state index in [9.17, 15) is 4.79 Å². The van der Waals surface area contributed by atoms with Gasteiger partial charge in [-0.15, -0.1) is 0 Å². The van der Waals surface area contributed by atoms with Crippen LogP contribution in [0.15, 0.2) is 55.1 Å². The Morgan fingerprint density at radius 1 is 1.20 bits per heavy atom. The van der Waals surface area contributed by atoms with Gasteiger partial charge in [-0.3, -0.25) is 10.00 Å². The molecule has 0 saturated heterocycles. The first-order chi connectivity index (χ1) is 17.0. The van der Waals surface area contributed by atoms with Crippen molar-refractivity contribution in [3.05, 3.63) is 60.7 Å². The van der Waals surface area contributed by atoms with Gasteiger partial charge in [0.2, 0.25) is 0 Å². The Morgan fingerprint density at radius 3 is 2.66 bits per heavy atom. The van der Waals surface area contributed by atoms with Crippen molar-refractivity contribution in [2.75, 3.05) is 11.1 Å². The fraction of sp³-hybridized carbons (Fsp3) is 0.370. The van der Waals surface area contributed by atoms with Gasteiger partial charge in [0, 0.05) is 29.2 Å². The van der Waals surface area contributed by atoms with Crippen LogP contribution in [-0.4, -0.2) is 31.5 Å². The molecule has 1 aliphatic rings. The first-order valence-corrected chi connectivity index (χ1v) is 12.3. The number of carbonyl (C=O) groups excluding carboxylic acids is 1. The normalized spacial score (nSPS) is 13.8. The second kappa shape index (κ2) is 9.82.